The molecule has 0 bridgehead atoms. The number of hydrogen-bond donors (Lipinski definition) is 1. The zero-order valence-corrected chi connectivity index (χ0v) is 22.2. The Balaban J connectivity index is 1.27. The molecule has 39 heavy (non-hydrogen) atoms. The minimum Gasteiger partial charge on any atom is -0.367 e. The van der Waals surface area contributed by atoms with E-state index in [1.807, 2.05) is 53.4 Å². The molecule has 2 unspecified atom stereocenters. The molecule has 2 aliphatic heterocycles. The summed E-state index contributed by atoms with van der Waals surface area (Å²) in [6, 6.07) is 20.6. The monoisotopic (exact) mass is 549 g/mol. The number of rotatable bonds is 7. The van der Waals surface area contributed by atoms with Crippen molar-refractivity contribution in [2.24, 2.45) is 0 Å². The van der Waals surface area contributed by atoms with E-state index >= 15 is 0 Å². The van der Waals surface area contributed by atoms with Gasteiger partial charge in [0.2, 0.25) is 5.91 Å². The van der Waals surface area contributed by atoms with Crippen molar-refractivity contribution in [2.45, 2.75) is 31.6 Å². The molecule has 0 aliphatic carbocycles. The van der Waals surface area contributed by atoms with Crippen LogP contribution in [0.2, 0.25) is 5.02 Å². The molecule has 0 saturated carbocycles. The smallest absolute Gasteiger partial charge is 0.240 e. The maximum atomic E-state index is 14.2. The summed E-state index contributed by atoms with van der Waals surface area (Å²) >= 11 is 6.22. The first-order chi connectivity index (χ1) is 18.9. The third-order valence-corrected chi connectivity index (χ3v) is 7.75. The number of hydrogen-bond acceptors (Lipinski definition) is 5. The molecule has 1 N–H and O–H groups in total. The minimum absolute atomic E-state index is 0.0358. The predicted octanol–water partition coefficient (Wildman–Crippen LogP) is 4.57. The third kappa shape index (κ3) is 6.39. The molecule has 6 nitrogen and oxygen atoms in total. The van der Waals surface area contributed by atoms with Gasteiger partial charge < -0.3 is 15.1 Å². The summed E-state index contributed by atoms with van der Waals surface area (Å²) in [7, 11) is 0. The van der Waals surface area contributed by atoms with E-state index in [1.165, 1.54) is 12.1 Å². The second-order valence-electron chi connectivity index (χ2n) is 10.1. The van der Waals surface area contributed by atoms with E-state index in [-0.39, 0.29) is 24.5 Å². The van der Waals surface area contributed by atoms with E-state index in [1.54, 1.807) is 0 Å². The maximum Gasteiger partial charge on any atom is 0.240 e. The van der Waals surface area contributed by atoms with E-state index in [2.05, 4.69) is 21.2 Å². The Bertz CT molecular complexity index is 1370. The summed E-state index contributed by atoms with van der Waals surface area (Å²) in [5, 5.41) is 13.5. The number of amides is 1. The van der Waals surface area contributed by atoms with Gasteiger partial charge in [-0.3, -0.25) is 9.69 Å². The molecule has 2 fully saturated rings. The Morgan fingerprint density at radius 3 is 2.56 bits per heavy atom. The lowest BCUT2D eigenvalue weighted by Gasteiger charge is -2.38. The first kappa shape index (κ1) is 27.1. The Labute approximate surface area is 232 Å². The van der Waals surface area contributed by atoms with Gasteiger partial charge in [-0.25, -0.2) is 8.78 Å². The molecule has 2 atom stereocenters. The molecule has 1 amide bonds. The van der Waals surface area contributed by atoms with E-state index in [0.29, 0.717) is 61.8 Å². The standard InChI is InChI=1S/C30H30ClF2N5O/c31-24-6-3-4-21(14-24)19-38-20-26(35-18-23-8-9-25(32)15-27(23)33)16-29(38)30(39)37-12-10-36(11-13-37)28-7-2-1-5-22(28)17-34/h1-9,14-15,26,29,35H,10-13,16,18-20H2. The van der Waals surface area contributed by atoms with Crippen molar-refractivity contribution in [2.75, 3.05) is 37.6 Å². The summed E-state index contributed by atoms with van der Waals surface area (Å²) in [6.45, 7) is 3.86. The highest BCUT2D eigenvalue weighted by molar-refractivity contribution is 6.30. The number of nitrogens with one attached hydrogen (secondary N) is 1. The second-order valence-corrected chi connectivity index (χ2v) is 10.5. The number of anilines is 1. The van der Waals surface area contributed by atoms with Crippen molar-refractivity contribution >= 4 is 23.2 Å². The van der Waals surface area contributed by atoms with Crippen LogP contribution in [-0.4, -0.2) is 60.5 Å². The van der Waals surface area contributed by atoms with Crippen molar-refractivity contribution in [1.82, 2.24) is 15.1 Å². The number of carbonyl (C=O) groups is 1. The van der Waals surface area contributed by atoms with Crippen molar-refractivity contribution < 1.29 is 13.6 Å². The van der Waals surface area contributed by atoms with Crippen molar-refractivity contribution in [3.05, 3.63) is 100 Å². The van der Waals surface area contributed by atoms with E-state index in [9.17, 15) is 18.8 Å². The van der Waals surface area contributed by atoms with Crippen LogP contribution in [0.3, 0.4) is 0 Å². The molecule has 0 spiro atoms. The molecule has 0 radical (unpaired) electrons. The molecule has 9 heteroatoms. The average Bonchev–Trinajstić information content (AvgIpc) is 3.34. The number of nitriles is 1. The zero-order chi connectivity index (χ0) is 27.4. The number of halogens is 3. The normalized spacial score (nSPS) is 19.7. The number of benzene rings is 3. The van der Waals surface area contributed by atoms with Crippen molar-refractivity contribution in [3.8, 4) is 6.07 Å². The van der Waals surface area contributed by atoms with Crippen LogP contribution < -0.4 is 10.2 Å². The molecule has 202 valence electrons. The van der Waals surface area contributed by atoms with Crippen LogP contribution in [0.5, 0.6) is 0 Å². The lowest BCUT2D eigenvalue weighted by molar-refractivity contribution is -0.136. The summed E-state index contributed by atoms with van der Waals surface area (Å²) in [4.78, 5) is 20.0. The number of para-hydroxylation sites is 1. The zero-order valence-electron chi connectivity index (χ0n) is 21.5. The number of nitrogens with zero attached hydrogens (tertiary/aromatic N) is 4. The summed E-state index contributed by atoms with van der Waals surface area (Å²) in [5.74, 6) is -1.12. The summed E-state index contributed by atoms with van der Waals surface area (Å²) in [5.41, 5.74) is 2.94. The van der Waals surface area contributed by atoms with Crippen LogP contribution in [0, 0.1) is 23.0 Å². The number of piperazine rings is 1. The van der Waals surface area contributed by atoms with Crippen LogP contribution in [0.1, 0.15) is 23.1 Å². The topological polar surface area (TPSA) is 62.6 Å². The van der Waals surface area contributed by atoms with Gasteiger partial charge in [-0.15, -0.1) is 0 Å². The van der Waals surface area contributed by atoms with Gasteiger partial charge in [-0.2, -0.15) is 5.26 Å². The molecule has 2 aliphatic rings. The Kier molecular flexibility index (Phi) is 8.41. The SMILES string of the molecule is N#Cc1ccccc1N1CCN(C(=O)C2CC(NCc3ccc(F)cc3F)CN2Cc2cccc(Cl)c2)CC1. The Hall–Kier alpha value is -3.51. The summed E-state index contributed by atoms with van der Waals surface area (Å²) < 4.78 is 27.5. The highest BCUT2D eigenvalue weighted by Crippen LogP contribution is 2.26. The number of carbonyl (C=O) groups excluding carboxylic acids is 1. The lowest BCUT2D eigenvalue weighted by atomic mass is 10.1. The first-order valence-corrected chi connectivity index (χ1v) is 13.5. The molecule has 2 heterocycles. The van der Waals surface area contributed by atoms with E-state index in [4.69, 9.17) is 11.6 Å². The fourth-order valence-electron chi connectivity index (χ4n) is 5.49. The van der Waals surface area contributed by atoms with Crippen LogP contribution >= 0.6 is 11.6 Å². The van der Waals surface area contributed by atoms with Gasteiger partial charge in [0.05, 0.1) is 17.3 Å². The highest BCUT2D eigenvalue weighted by Gasteiger charge is 2.39. The largest absolute Gasteiger partial charge is 0.367 e. The average molecular weight is 550 g/mol. The Morgan fingerprint density at radius 1 is 1.03 bits per heavy atom. The highest BCUT2D eigenvalue weighted by atomic mass is 35.5. The lowest BCUT2D eigenvalue weighted by Crippen LogP contribution is -2.53. The second kappa shape index (κ2) is 12.1. The van der Waals surface area contributed by atoms with Gasteiger partial charge in [-0.05, 0) is 42.3 Å². The van der Waals surface area contributed by atoms with Gasteiger partial charge in [0.1, 0.15) is 17.7 Å². The van der Waals surface area contributed by atoms with Crippen LogP contribution in [-0.2, 0) is 17.9 Å². The third-order valence-electron chi connectivity index (χ3n) is 7.52. The van der Waals surface area contributed by atoms with Crippen molar-refractivity contribution in [1.29, 1.82) is 5.26 Å². The molecule has 3 aromatic rings. The van der Waals surface area contributed by atoms with Crippen LogP contribution in [0.4, 0.5) is 14.5 Å². The van der Waals surface area contributed by atoms with Gasteiger partial charge in [0.15, 0.2) is 0 Å². The number of likely N-dealkylation sites (tertiary alicyclic amines) is 1. The van der Waals surface area contributed by atoms with Gasteiger partial charge in [-0.1, -0.05) is 41.9 Å². The van der Waals surface area contributed by atoms with E-state index < -0.39 is 11.6 Å². The molecular weight excluding hydrogens is 520 g/mol. The Morgan fingerprint density at radius 2 is 1.82 bits per heavy atom. The molecular formula is C30H30ClF2N5O. The molecule has 2 saturated heterocycles. The van der Waals surface area contributed by atoms with Gasteiger partial charge >= 0.3 is 0 Å². The maximum absolute atomic E-state index is 14.2. The van der Waals surface area contributed by atoms with Crippen LogP contribution in [0.15, 0.2) is 66.7 Å². The molecule has 0 aromatic heterocycles. The fraction of sp³-hybridized carbons (Fsp3) is 0.333. The predicted molar refractivity (Wildman–Crippen MR) is 147 cm³/mol. The van der Waals surface area contributed by atoms with Crippen molar-refractivity contribution in [3.63, 3.8) is 0 Å². The first-order valence-electron chi connectivity index (χ1n) is 13.1. The minimum atomic E-state index is -0.605. The quantitative estimate of drug-likeness (QED) is 0.468. The van der Waals surface area contributed by atoms with Gasteiger partial charge in [0.25, 0.3) is 0 Å². The molecule has 3 aromatic carbocycles. The summed E-state index contributed by atoms with van der Waals surface area (Å²) in [6.07, 6.45) is 0.583. The van der Waals surface area contributed by atoms with E-state index in [0.717, 1.165) is 17.3 Å². The van der Waals surface area contributed by atoms with Gasteiger partial charge in [0, 0.05) is 68.5 Å². The fourth-order valence-corrected chi connectivity index (χ4v) is 5.71. The molecule has 5 rings (SSSR count). The van der Waals surface area contributed by atoms with Crippen LogP contribution in [0.25, 0.3) is 0 Å².